The Morgan fingerprint density at radius 3 is 2.55 bits per heavy atom. The molecule has 0 bridgehead atoms. The van der Waals surface area contributed by atoms with E-state index in [-0.39, 0.29) is 30.7 Å². The molecule has 0 spiro atoms. The van der Waals surface area contributed by atoms with Gasteiger partial charge in [0.25, 0.3) is 5.91 Å². The van der Waals surface area contributed by atoms with Crippen LogP contribution in [0, 0.1) is 5.92 Å². The highest BCUT2D eigenvalue weighted by Crippen LogP contribution is 2.35. The predicted molar refractivity (Wildman–Crippen MR) is 136 cm³/mol. The summed E-state index contributed by atoms with van der Waals surface area (Å²) in [4.78, 5) is 26.8. The predicted octanol–water partition coefficient (Wildman–Crippen LogP) is 5.92. The van der Waals surface area contributed by atoms with Gasteiger partial charge in [-0.25, -0.2) is 0 Å². The maximum Gasteiger partial charge on any atom is 0.266 e. The third kappa shape index (κ3) is 7.39. The van der Waals surface area contributed by atoms with Crippen molar-refractivity contribution < 1.29 is 18.7 Å². The maximum absolute atomic E-state index is 12.7. The summed E-state index contributed by atoms with van der Waals surface area (Å²) in [6.45, 7) is 4.10. The van der Waals surface area contributed by atoms with Crippen LogP contribution in [-0.4, -0.2) is 31.1 Å². The van der Waals surface area contributed by atoms with Crippen LogP contribution in [0.1, 0.15) is 31.6 Å². The second-order valence-electron chi connectivity index (χ2n) is 7.62. The van der Waals surface area contributed by atoms with Crippen molar-refractivity contribution in [2.24, 2.45) is 5.92 Å². The fourth-order valence-electron chi connectivity index (χ4n) is 2.88. The number of rotatable bonds is 8. The summed E-state index contributed by atoms with van der Waals surface area (Å²) >= 11 is 24.5. The molecule has 1 N–H and O–H groups in total. The number of hydrogen-bond acceptors (Lipinski definition) is 6. The molecule has 6 nitrogen and oxygen atoms in total. The van der Waals surface area contributed by atoms with E-state index in [1.165, 1.54) is 16.7 Å². The van der Waals surface area contributed by atoms with E-state index in [0.717, 1.165) is 5.56 Å². The van der Waals surface area contributed by atoms with Crippen LogP contribution in [0.15, 0.2) is 52.0 Å². The molecular formula is C22H21Cl3N2O4S2. The molecule has 1 aliphatic heterocycles. The maximum atomic E-state index is 12.7. The lowest BCUT2D eigenvalue weighted by Gasteiger charge is -2.26. The summed E-state index contributed by atoms with van der Waals surface area (Å²) < 4.78 is 9.61. The number of nitrogens with zero attached hydrogens (tertiary/aromatic N) is 1. The lowest BCUT2D eigenvalue weighted by atomic mass is 10.1. The van der Waals surface area contributed by atoms with Gasteiger partial charge in [0.05, 0.1) is 17.7 Å². The van der Waals surface area contributed by atoms with E-state index in [0.29, 0.717) is 20.7 Å². The first-order valence-corrected chi connectivity index (χ1v) is 12.3. The molecule has 1 aliphatic rings. The van der Waals surface area contributed by atoms with Gasteiger partial charge >= 0.3 is 0 Å². The number of carbonyl (C=O) groups is 2. The van der Waals surface area contributed by atoms with Crippen molar-refractivity contribution in [2.45, 2.75) is 36.8 Å². The molecule has 3 rings (SSSR count). The van der Waals surface area contributed by atoms with E-state index in [1.54, 1.807) is 48.7 Å². The average Bonchev–Trinajstić information content (AvgIpc) is 3.32. The van der Waals surface area contributed by atoms with E-state index in [1.807, 2.05) is 13.8 Å². The molecule has 0 aliphatic carbocycles. The molecule has 1 fully saturated rings. The van der Waals surface area contributed by atoms with Crippen molar-refractivity contribution in [1.82, 2.24) is 10.2 Å². The Balaban J connectivity index is 1.67. The minimum Gasteiger partial charge on any atom is -0.467 e. The number of amides is 2. The molecule has 2 aromatic rings. The number of alkyl halides is 3. The molecule has 0 radical (unpaired) electrons. The molecule has 1 unspecified atom stereocenters. The first-order valence-electron chi connectivity index (χ1n) is 9.93. The fourth-order valence-corrected chi connectivity index (χ4v) is 4.43. The van der Waals surface area contributed by atoms with Crippen LogP contribution in [-0.2, 0) is 16.1 Å². The van der Waals surface area contributed by atoms with E-state index in [4.69, 9.17) is 56.2 Å². The number of nitrogens with one attached hydrogen (secondary N) is 1. The highest BCUT2D eigenvalue weighted by molar-refractivity contribution is 8.26. The Bertz CT molecular complexity index is 1030. The van der Waals surface area contributed by atoms with Crippen molar-refractivity contribution in [3.8, 4) is 5.75 Å². The van der Waals surface area contributed by atoms with Crippen LogP contribution >= 0.6 is 58.8 Å². The third-order valence-electron chi connectivity index (χ3n) is 4.38. The number of hydrogen-bond donors (Lipinski definition) is 1. The Morgan fingerprint density at radius 1 is 1.27 bits per heavy atom. The minimum absolute atomic E-state index is 0.146. The zero-order valence-electron chi connectivity index (χ0n) is 17.7. The van der Waals surface area contributed by atoms with Gasteiger partial charge in [-0.3, -0.25) is 14.5 Å². The van der Waals surface area contributed by atoms with Gasteiger partial charge in [-0.2, -0.15) is 0 Å². The van der Waals surface area contributed by atoms with Crippen LogP contribution in [0.2, 0.25) is 0 Å². The standard InChI is InChI=1S/C22H21Cl3N2O4S2/c1-13(2)10-18(28)26-20(22(23,24)25)31-15-7-5-14(6-8-15)11-17-19(29)27(21(32)33-17)12-16-4-3-9-30-16/h3-9,11,13,20H,10,12H2,1-2H3,(H,26,28). The number of halogens is 3. The van der Waals surface area contributed by atoms with Crippen LogP contribution < -0.4 is 10.1 Å². The van der Waals surface area contributed by atoms with Gasteiger partial charge in [0.1, 0.15) is 15.8 Å². The summed E-state index contributed by atoms with van der Waals surface area (Å²) in [6.07, 6.45) is 2.40. The number of benzene rings is 1. The van der Waals surface area contributed by atoms with Crippen LogP contribution in [0.3, 0.4) is 0 Å². The smallest absolute Gasteiger partial charge is 0.266 e. The third-order valence-corrected chi connectivity index (χ3v) is 6.35. The molecule has 1 aromatic heterocycles. The largest absolute Gasteiger partial charge is 0.467 e. The molecule has 2 amide bonds. The molecule has 11 heteroatoms. The molecular weight excluding hydrogens is 527 g/mol. The van der Waals surface area contributed by atoms with Gasteiger partial charge in [0, 0.05) is 6.42 Å². The average molecular weight is 548 g/mol. The Kier molecular flexibility index (Phi) is 8.75. The van der Waals surface area contributed by atoms with Crippen molar-refractivity contribution in [1.29, 1.82) is 0 Å². The van der Waals surface area contributed by atoms with Gasteiger partial charge in [-0.1, -0.05) is 84.8 Å². The summed E-state index contributed by atoms with van der Waals surface area (Å²) in [5, 5.41) is 2.60. The van der Waals surface area contributed by atoms with E-state index >= 15 is 0 Å². The van der Waals surface area contributed by atoms with Gasteiger partial charge < -0.3 is 14.5 Å². The van der Waals surface area contributed by atoms with Crippen LogP contribution in [0.25, 0.3) is 6.08 Å². The number of ether oxygens (including phenoxy) is 1. The van der Waals surface area contributed by atoms with E-state index < -0.39 is 10.0 Å². The Morgan fingerprint density at radius 2 is 1.97 bits per heavy atom. The van der Waals surface area contributed by atoms with E-state index in [9.17, 15) is 9.59 Å². The molecule has 1 atom stereocenters. The summed E-state index contributed by atoms with van der Waals surface area (Å²) in [7, 11) is 0. The van der Waals surface area contributed by atoms with Crippen molar-refractivity contribution in [2.75, 3.05) is 0 Å². The Labute approximate surface area is 216 Å². The van der Waals surface area contributed by atoms with Crippen molar-refractivity contribution in [3.63, 3.8) is 0 Å². The van der Waals surface area contributed by atoms with Crippen LogP contribution in [0.5, 0.6) is 5.75 Å². The first kappa shape index (κ1) is 25.9. The topological polar surface area (TPSA) is 71.8 Å². The molecule has 2 heterocycles. The van der Waals surface area contributed by atoms with Gasteiger partial charge in [0.2, 0.25) is 15.9 Å². The van der Waals surface area contributed by atoms with Gasteiger partial charge in [0.15, 0.2) is 0 Å². The van der Waals surface area contributed by atoms with Crippen molar-refractivity contribution >= 4 is 81.0 Å². The molecule has 1 saturated heterocycles. The summed E-state index contributed by atoms with van der Waals surface area (Å²) in [6, 6.07) is 10.4. The number of carbonyl (C=O) groups excluding carboxylic acids is 2. The minimum atomic E-state index is -1.87. The zero-order chi connectivity index (χ0) is 24.2. The lowest BCUT2D eigenvalue weighted by Crippen LogP contribution is -2.48. The van der Waals surface area contributed by atoms with Crippen molar-refractivity contribution in [3.05, 3.63) is 58.9 Å². The summed E-state index contributed by atoms with van der Waals surface area (Å²) in [5.41, 5.74) is 0.759. The second kappa shape index (κ2) is 11.1. The normalized spacial score (nSPS) is 16.5. The highest BCUT2D eigenvalue weighted by atomic mass is 35.6. The zero-order valence-corrected chi connectivity index (χ0v) is 21.6. The Hall–Kier alpha value is -1.71. The van der Waals surface area contributed by atoms with Gasteiger partial charge in [-0.15, -0.1) is 0 Å². The van der Waals surface area contributed by atoms with E-state index in [2.05, 4.69) is 5.32 Å². The second-order valence-corrected chi connectivity index (χ2v) is 11.7. The molecule has 176 valence electrons. The lowest BCUT2D eigenvalue weighted by molar-refractivity contribution is -0.124. The summed E-state index contributed by atoms with van der Waals surface area (Å²) in [5.74, 6) is 0.713. The molecule has 33 heavy (non-hydrogen) atoms. The number of thioether (sulfide) groups is 1. The monoisotopic (exact) mass is 546 g/mol. The quantitative estimate of drug-likeness (QED) is 0.191. The number of thiocarbonyl (C=S) groups is 1. The molecule has 0 saturated carbocycles. The van der Waals surface area contributed by atoms with Crippen LogP contribution in [0.4, 0.5) is 0 Å². The highest BCUT2D eigenvalue weighted by Gasteiger charge is 2.36. The number of furan rings is 1. The van der Waals surface area contributed by atoms with Gasteiger partial charge in [-0.05, 0) is 41.8 Å². The first-order chi connectivity index (χ1) is 15.5. The SMILES string of the molecule is CC(C)CC(=O)NC(Oc1ccc(C=C2SC(=S)N(Cc3ccco3)C2=O)cc1)C(Cl)(Cl)Cl. The molecule has 1 aromatic carbocycles. The fraction of sp³-hybridized carbons (Fsp3) is 0.318.